The molecule has 3 rings (SSSR count). The Hall–Kier alpha value is -1.65. The summed E-state index contributed by atoms with van der Waals surface area (Å²) < 4.78 is 14.6. The van der Waals surface area contributed by atoms with E-state index in [4.69, 9.17) is 0 Å². The first-order valence-corrected chi connectivity index (χ1v) is 6.97. The average molecular weight is 262 g/mol. The molecule has 4 nitrogen and oxygen atoms in total. The van der Waals surface area contributed by atoms with Crippen LogP contribution in [-0.2, 0) is 0 Å². The molecule has 2 aromatic heterocycles. The predicted octanol–water partition coefficient (Wildman–Crippen LogP) is 3.25. The molecule has 2 aromatic rings. The summed E-state index contributed by atoms with van der Waals surface area (Å²) in [5.41, 5.74) is 1.06. The van der Waals surface area contributed by atoms with Crippen molar-refractivity contribution in [2.24, 2.45) is 5.41 Å². The molecule has 0 aromatic carbocycles. The third-order valence-electron chi connectivity index (χ3n) is 4.33. The summed E-state index contributed by atoms with van der Waals surface area (Å²) >= 11 is 0. The Bertz CT molecular complexity index is 572. The van der Waals surface area contributed by atoms with Crippen LogP contribution < -0.4 is 5.32 Å². The molecule has 1 saturated carbocycles. The number of hydrogen-bond donors (Lipinski definition) is 1. The van der Waals surface area contributed by atoms with E-state index in [0.29, 0.717) is 17.0 Å². The van der Waals surface area contributed by atoms with Gasteiger partial charge in [-0.1, -0.05) is 19.8 Å². The lowest BCUT2D eigenvalue weighted by Crippen LogP contribution is -2.26. The van der Waals surface area contributed by atoms with Crippen molar-refractivity contribution in [2.45, 2.75) is 39.0 Å². The molecule has 19 heavy (non-hydrogen) atoms. The molecule has 1 aliphatic carbocycles. The SMILES string of the molecule is CCC1(CNc2nc3ccc(F)cn3n2)CCCC1. The van der Waals surface area contributed by atoms with Crippen LogP contribution in [0.1, 0.15) is 39.0 Å². The smallest absolute Gasteiger partial charge is 0.243 e. The molecule has 1 N–H and O–H groups in total. The zero-order chi connectivity index (χ0) is 13.3. The van der Waals surface area contributed by atoms with Crippen molar-refractivity contribution in [3.63, 3.8) is 0 Å². The minimum atomic E-state index is -0.301. The van der Waals surface area contributed by atoms with Gasteiger partial charge in [0, 0.05) is 6.54 Å². The molecule has 0 atom stereocenters. The topological polar surface area (TPSA) is 42.2 Å². The number of anilines is 1. The van der Waals surface area contributed by atoms with Crippen LogP contribution >= 0.6 is 0 Å². The summed E-state index contributed by atoms with van der Waals surface area (Å²) in [5.74, 6) is 0.287. The first-order valence-electron chi connectivity index (χ1n) is 6.97. The summed E-state index contributed by atoms with van der Waals surface area (Å²) in [5, 5.41) is 7.58. The van der Waals surface area contributed by atoms with Gasteiger partial charge in [0.2, 0.25) is 5.95 Å². The van der Waals surface area contributed by atoms with Crippen molar-refractivity contribution < 1.29 is 4.39 Å². The van der Waals surface area contributed by atoms with E-state index in [-0.39, 0.29) is 5.82 Å². The quantitative estimate of drug-likeness (QED) is 0.919. The van der Waals surface area contributed by atoms with Crippen molar-refractivity contribution in [1.82, 2.24) is 14.6 Å². The highest BCUT2D eigenvalue weighted by Gasteiger charge is 2.31. The zero-order valence-electron chi connectivity index (χ0n) is 11.2. The fraction of sp³-hybridized carbons (Fsp3) is 0.571. The molecular formula is C14H19FN4. The number of fused-ring (bicyclic) bond motifs is 1. The molecule has 1 aliphatic rings. The van der Waals surface area contributed by atoms with Crippen LogP contribution in [0, 0.1) is 11.2 Å². The normalized spacial score (nSPS) is 18.0. The van der Waals surface area contributed by atoms with E-state index in [1.54, 1.807) is 6.07 Å². The van der Waals surface area contributed by atoms with Gasteiger partial charge in [-0.3, -0.25) is 0 Å². The van der Waals surface area contributed by atoms with E-state index in [1.165, 1.54) is 48.9 Å². The molecule has 1 fully saturated rings. The van der Waals surface area contributed by atoms with Crippen LogP contribution in [0.2, 0.25) is 0 Å². The number of rotatable bonds is 4. The van der Waals surface area contributed by atoms with Gasteiger partial charge in [-0.05, 0) is 36.8 Å². The van der Waals surface area contributed by atoms with E-state index in [2.05, 4.69) is 22.3 Å². The lowest BCUT2D eigenvalue weighted by molar-refractivity contribution is 0.306. The van der Waals surface area contributed by atoms with Crippen LogP contribution in [-0.4, -0.2) is 21.1 Å². The minimum Gasteiger partial charge on any atom is -0.352 e. The Labute approximate surface area is 112 Å². The highest BCUT2D eigenvalue weighted by molar-refractivity contribution is 5.43. The summed E-state index contributed by atoms with van der Waals surface area (Å²) in [6.45, 7) is 3.16. The van der Waals surface area contributed by atoms with Gasteiger partial charge in [-0.15, -0.1) is 5.10 Å². The van der Waals surface area contributed by atoms with Gasteiger partial charge in [-0.2, -0.15) is 4.98 Å². The number of nitrogens with one attached hydrogen (secondary N) is 1. The van der Waals surface area contributed by atoms with Gasteiger partial charge in [0.1, 0.15) is 5.82 Å². The molecule has 0 spiro atoms. The summed E-state index contributed by atoms with van der Waals surface area (Å²) in [4.78, 5) is 4.35. The third kappa shape index (κ3) is 2.41. The van der Waals surface area contributed by atoms with Crippen LogP contribution in [0.4, 0.5) is 10.3 Å². The Morgan fingerprint density at radius 2 is 2.16 bits per heavy atom. The van der Waals surface area contributed by atoms with Crippen molar-refractivity contribution in [2.75, 3.05) is 11.9 Å². The number of pyridine rings is 1. The largest absolute Gasteiger partial charge is 0.352 e. The highest BCUT2D eigenvalue weighted by Crippen LogP contribution is 2.40. The second-order valence-electron chi connectivity index (χ2n) is 5.50. The first-order chi connectivity index (χ1) is 9.21. The van der Waals surface area contributed by atoms with E-state index in [0.717, 1.165) is 6.54 Å². The molecule has 102 valence electrons. The second-order valence-corrected chi connectivity index (χ2v) is 5.50. The maximum Gasteiger partial charge on any atom is 0.243 e. The molecule has 0 bridgehead atoms. The van der Waals surface area contributed by atoms with E-state index < -0.39 is 0 Å². The lowest BCUT2D eigenvalue weighted by Gasteiger charge is -2.27. The van der Waals surface area contributed by atoms with Crippen molar-refractivity contribution in [3.8, 4) is 0 Å². The predicted molar refractivity (Wildman–Crippen MR) is 72.6 cm³/mol. The van der Waals surface area contributed by atoms with Gasteiger partial charge in [0.15, 0.2) is 5.65 Å². The van der Waals surface area contributed by atoms with Gasteiger partial charge in [-0.25, -0.2) is 8.91 Å². The number of hydrogen-bond acceptors (Lipinski definition) is 3. The molecular weight excluding hydrogens is 243 g/mol. The third-order valence-corrected chi connectivity index (χ3v) is 4.33. The Morgan fingerprint density at radius 1 is 1.37 bits per heavy atom. The number of nitrogens with zero attached hydrogens (tertiary/aromatic N) is 3. The van der Waals surface area contributed by atoms with Gasteiger partial charge >= 0.3 is 0 Å². The lowest BCUT2D eigenvalue weighted by atomic mass is 9.83. The van der Waals surface area contributed by atoms with Crippen LogP contribution in [0.25, 0.3) is 5.65 Å². The van der Waals surface area contributed by atoms with Crippen LogP contribution in [0.3, 0.4) is 0 Å². The maximum absolute atomic E-state index is 13.1. The van der Waals surface area contributed by atoms with Crippen molar-refractivity contribution in [1.29, 1.82) is 0 Å². The molecule has 0 unspecified atom stereocenters. The fourth-order valence-corrected chi connectivity index (χ4v) is 2.98. The first kappa shape index (κ1) is 12.4. The Morgan fingerprint density at radius 3 is 2.89 bits per heavy atom. The summed E-state index contributed by atoms with van der Waals surface area (Å²) in [6.07, 6.45) is 7.72. The minimum absolute atomic E-state index is 0.301. The number of halogens is 1. The average Bonchev–Trinajstić information content (AvgIpc) is 3.02. The monoisotopic (exact) mass is 262 g/mol. The summed E-state index contributed by atoms with van der Waals surface area (Å²) in [7, 11) is 0. The molecule has 5 heteroatoms. The number of aromatic nitrogens is 3. The fourth-order valence-electron chi connectivity index (χ4n) is 2.98. The van der Waals surface area contributed by atoms with E-state index >= 15 is 0 Å². The van der Waals surface area contributed by atoms with Crippen LogP contribution in [0.5, 0.6) is 0 Å². The van der Waals surface area contributed by atoms with Gasteiger partial charge in [0.05, 0.1) is 6.20 Å². The van der Waals surface area contributed by atoms with E-state index in [9.17, 15) is 4.39 Å². The van der Waals surface area contributed by atoms with Crippen molar-refractivity contribution in [3.05, 3.63) is 24.1 Å². The highest BCUT2D eigenvalue weighted by atomic mass is 19.1. The molecule has 0 amide bonds. The maximum atomic E-state index is 13.1. The second kappa shape index (κ2) is 4.79. The van der Waals surface area contributed by atoms with Crippen LogP contribution in [0.15, 0.2) is 18.3 Å². The summed E-state index contributed by atoms with van der Waals surface area (Å²) in [6, 6.07) is 3.04. The molecule has 0 saturated heterocycles. The van der Waals surface area contributed by atoms with Crippen molar-refractivity contribution >= 4 is 11.6 Å². The standard InChI is InChI=1S/C14H19FN4/c1-2-14(7-3-4-8-14)10-16-13-17-12-6-5-11(15)9-19(12)18-13/h5-6,9H,2-4,7-8,10H2,1H3,(H,16,18). The Kier molecular flexibility index (Phi) is 3.12. The van der Waals surface area contributed by atoms with E-state index in [1.807, 2.05) is 0 Å². The molecule has 0 aliphatic heterocycles. The Balaban J connectivity index is 1.74. The van der Waals surface area contributed by atoms with Gasteiger partial charge < -0.3 is 5.32 Å². The zero-order valence-corrected chi connectivity index (χ0v) is 11.2. The molecule has 0 radical (unpaired) electrons. The molecule has 2 heterocycles. The van der Waals surface area contributed by atoms with Gasteiger partial charge in [0.25, 0.3) is 0 Å².